The minimum Gasteiger partial charge on any atom is -0.463 e. The molecule has 0 radical (unpaired) electrons. The maximum atomic E-state index is 11.4. The lowest BCUT2D eigenvalue weighted by molar-refractivity contribution is -0.147. The first-order chi connectivity index (χ1) is 9.22. The third-order valence-electron chi connectivity index (χ3n) is 2.89. The Kier molecular flexibility index (Phi) is 7.89. The summed E-state index contributed by atoms with van der Waals surface area (Å²) in [7, 11) is 0. The molecule has 0 amide bonds. The van der Waals surface area contributed by atoms with Gasteiger partial charge in [-0.05, 0) is 32.1 Å². The van der Waals surface area contributed by atoms with Crippen LogP contribution in [0.4, 0.5) is 0 Å². The number of esters is 2. The molecule has 1 unspecified atom stereocenters. The lowest BCUT2D eigenvalue weighted by atomic mass is 10.2. The van der Waals surface area contributed by atoms with E-state index in [9.17, 15) is 9.59 Å². The van der Waals surface area contributed by atoms with Crippen molar-refractivity contribution in [2.45, 2.75) is 44.6 Å². The molecule has 1 heterocycles. The molecule has 1 rings (SSSR count). The van der Waals surface area contributed by atoms with E-state index in [0.717, 1.165) is 44.8 Å². The smallest absolute Gasteiger partial charge is 0.330 e. The first-order valence-corrected chi connectivity index (χ1v) is 6.79. The molecule has 0 spiro atoms. The topological polar surface area (TPSA) is 61.8 Å². The molecule has 1 atom stereocenters. The van der Waals surface area contributed by atoms with E-state index in [0.29, 0.717) is 19.6 Å². The molecule has 5 heteroatoms. The zero-order valence-electron chi connectivity index (χ0n) is 11.3. The van der Waals surface area contributed by atoms with Gasteiger partial charge >= 0.3 is 11.9 Å². The quantitative estimate of drug-likeness (QED) is 0.366. The zero-order chi connectivity index (χ0) is 13.9. The van der Waals surface area contributed by atoms with Crippen LogP contribution >= 0.6 is 0 Å². The van der Waals surface area contributed by atoms with Gasteiger partial charge in [-0.2, -0.15) is 0 Å². The molecule has 1 aliphatic heterocycles. The fourth-order valence-corrected chi connectivity index (χ4v) is 1.81. The Bertz CT molecular complexity index is 300. The Morgan fingerprint density at radius 3 is 2.84 bits per heavy atom. The highest BCUT2D eigenvalue weighted by molar-refractivity contribution is 5.81. The molecule has 0 bridgehead atoms. The van der Waals surface area contributed by atoms with E-state index in [1.54, 1.807) is 0 Å². The van der Waals surface area contributed by atoms with Crippen LogP contribution in [0.1, 0.15) is 40.0 Å². The largest absolute Gasteiger partial charge is 0.463 e. The van der Waals surface area contributed by atoms with Gasteiger partial charge in [0, 0.05) is 20.5 Å². The molecular formula is C14H24O5. The van der Waals surface area contributed by atoms with Gasteiger partial charge in [0.15, 0.2) is 0 Å². The van der Waals surface area contributed by atoms with Gasteiger partial charge in [0.05, 0.1) is 12.7 Å². The average Bonchev–Trinajstić information content (AvgIpc) is 2.93. The van der Waals surface area contributed by atoms with Gasteiger partial charge in [0.2, 0.25) is 0 Å². The third-order valence-corrected chi connectivity index (χ3v) is 2.89. The Labute approximate surface area is 115 Å². The highest BCUT2D eigenvalue weighted by atomic mass is 16.6. The monoisotopic (exact) mass is 272 g/mol. The van der Waals surface area contributed by atoms with Gasteiger partial charge in [0.1, 0.15) is 6.61 Å². The molecule has 0 saturated carbocycles. The second-order valence-electron chi connectivity index (χ2n) is 4.50. The van der Waals surface area contributed by atoms with Crippen LogP contribution in [0.2, 0.25) is 0 Å². The number of ether oxygens (including phenoxy) is 3. The van der Waals surface area contributed by atoms with Crippen LogP contribution in [0.25, 0.3) is 0 Å². The summed E-state index contributed by atoms with van der Waals surface area (Å²) in [6, 6.07) is 0. The fourth-order valence-electron chi connectivity index (χ4n) is 1.81. The Morgan fingerprint density at radius 1 is 1.32 bits per heavy atom. The molecule has 19 heavy (non-hydrogen) atoms. The van der Waals surface area contributed by atoms with E-state index in [2.05, 4.69) is 6.58 Å². The van der Waals surface area contributed by atoms with E-state index in [-0.39, 0.29) is 13.5 Å². The van der Waals surface area contributed by atoms with Crippen molar-refractivity contribution in [2.24, 2.45) is 0 Å². The van der Waals surface area contributed by atoms with Crippen molar-refractivity contribution < 1.29 is 25.2 Å². The van der Waals surface area contributed by atoms with Crippen molar-refractivity contribution in [2.75, 3.05) is 19.8 Å². The van der Waals surface area contributed by atoms with Gasteiger partial charge in [0.25, 0.3) is 0 Å². The van der Waals surface area contributed by atoms with Crippen molar-refractivity contribution in [3.63, 3.8) is 0 Å². The van der Waals surface area contributed by atoms with Crippen LogP contribution in [-0.4, -0.2) is 37.9 Å². The number of hydrogen-bond donors (Lipinski definition) is 0. The Hall–Kier alpha value is -1.36. The highest BCUT2D eigenvalue weighted by Gasteiger charge is 2.17. The van der Waals surface area contributed by atoms with Crippen molar-refractivity contribution in [3.8, 4) is 0 Å². The summed E-state index contributed by atoms with van der Waals surface area (Å²) in [5, 5.41) is 0. The standard InChI is InChI=1S/C14H22O5.H2/c1-2-13(15)18-9-5-3-4-8-14(16)19-11-12-7-6-10-17-12;/h2,12H,1,3-11H2;1H. The van der Waals surface area contributed by atoms with E-state index >= 15 is 0 Å². The lowest BCUT2D eigenvalue weighted by Gasteiger charge is -2.10. The molecule has 1 fully saturated rings. The molecule has 1 saturated heterocycles. The van der Waals surface area contributed by atoms with E-state index in [1.807, 2.05) is 0 Å². The number of hydrogen-bond acceptors (Lipinski definition) is 5. The second kappa shape index (κ2) is 9.55. The third kappa shape index (κ3) is 7.62. The molecule has 0 aromatic heterocycles. The number of carbonyl (C=O) groups is 2. The van der Waals surface area contributed by atoms with Crippen molar-refractivity contribution in [1.29, 1.82) is 0 Å². The van der Waals surface area contributed by atoms with Crippen LogP contribution < -0.4 is 0 Å². The van der Waals surface area contributed by atoms with E-state index in [4.69, 9.17) is 14.2 Å². The minimum atomic E-state index is -0.407. The van der Waals surface area contributed by atoms with Crippen molar-refractivity contribution in [1.82, 2.24) is 0 Å². The summed E-state index contributed by atoms with van der Waals surface area (Å²) in [6.45, 7) is 4.82. The first kappa shape index (κ1) is 15.7. The second-order valence-corrected chi connectivity index (χ2v) is 4.50. The van der Waals surface area contributed by atoms with Gasteiger partial charge in [-0.1, -0.05) is 6.58 Å². The van der Waals surface area contributed by atoms with Crippen LogP contribution in [0, 0.1) is 0 Å². The maximum Gasteiger partial charge on any atom is 0.330 e. The maximum absolute atomic E-state index is 11.4. The predicted octanol–water partition coefficient (Wildman–Crippen LogP) is 2.24. The normalized spacial score (nSPS) is 18.0. The summed E-state index contributed by atoms with van der Waals surface area (Å²) >= 11 is 0. The summed E-state index contributed by atoms with van der Waals surface area (Å²) in [4.78, 5) is 22.1. The number of rotatable bonds is 9. The van der Waals surface area contributed by atoms with E-state index in [1.165, 1.54) is 0 Å². The molecule has 0 aromatic carbocycles. The molecule has 0 aliphatic carbocycles. The molecule has 110 valence electrons. The van der Waals surface area contributed by atoms with Crippen LogP contribution in [-0.2, 0) is 23.8 Å². The summed E-state index contributed by atoms with van der Waals surface area (Å²) in [5.41, 5.74) is 0. The first-order valence-electron chi connectivity index (χ1n) is 6.79. The lowest BCUT2D eigenvalue weighted by Crippen LogP contribution is -2.17. The summed E-state index contributed by atoms with van der Waals surface area (Å²) < 4.78 is 15.3. The van der Waals surface area contributed by atoms with Crippen molar-refractivity contribution >= 4 is 11.9 Å². The van der Waals surface area contributed by atoms with Crippen LogP contribution in [0.5, 0.6) is 0 Å². The minimum absolute atomic E-state index is 0. The molecule has 0 aromatic rings. The highest BCUT2D eigenvalue weighted by Crippen LogP contribution is 2.12. The van der Waals surface area contributed by atoms with Gasteiger partial charge in [-0.3, -0.25) is 4.79 Å². The molecule has 1 aliphatic rings. The van der Waals surface area contributed by atoms with Gasteiger partial charge in [-0.15, -0.1) is 0 Å². The molecule has 0 N–H and O–H groups in total. The number of carbonyl (C=O) groups excluding carboxylic acids is 2. The van der Waals surface area contributed by atoms with Crippen molar-refractivity contribution in [3.05, 3.63) is 12.7 Å². The SMILES string of the molecule is C=CC(=O)OCCCCCC(=O)OCC1CCCO1.[HH]. The van der Waals surface area contributed by atoms with Crippen LogP contribution in [0.15, 0.2) is 12.7 Å². The zero-order valence-corrected chi connectivity index (χ0v) is 11.3. The summed E-state index contributed by atoms with van der Waals surface area (Å²) in [5.74, 6) is -0.588. The van der Waals surface area contributed by atoms with Gasteiger partial charge in [-0.25, -0.2) is 4.79 Å². The number of unbranched alkanes of at least 4 members (excludes halogenated alkanes) is 2. The summed E-state index contributed by atoms with van der Waals surface area (Å²) in [6.07, 6.45) is 5.98. The van der Waals surface area contributed by atoms with Gasteiger partial charge < -0.3 is 14.2 Å². The Balaban J connectivity index is 0.00000361. The van der Waals surface area contributed by atoms with E-state index < -0.39 is 5.97 Å². The Morgan fingerprint density at radius 2 is 2.16 bits per heavy atom. The fraction of sp³-hybridized carbons (Fsp3) is 0.714. The molecule has 5 nitrogen and oxygen atoms in total. The molecular weight excluding hydrogens is 248 g/mol. The predicted molar refractivity (Wildman–Crippen MR) is 71.7 cm³/mol. The van der Waals surface area contributed by atoms with Crippen LogP contribution in [0.3, 0.4) is 0 Å². The average molecular weight is 272 g/mol.